The Bertz CT molecular complexity index is 1160. The van der Waals surface area contributed by atoms with E-state index < -0.39 is 0 Å². The van der Waals surface area contributed by atoms with Crippen molar-refractivity contribution in [3.63, 3.8) is 0 Å². The van der Waals surface area contributed by atoms with E-state index in [4.69, 9.17) is 0 Å². The molecule has 0 heterocycles. The molecule has 0 bridgehead atoms. The van der Waals surface area contributed by atoms with Crippen LogP contribution in [0.3, 0.4) is 0 Å². The quantitative estimate of drug-likeness (QED) is 0.258. The number of carbonyl (C=O) groups excluding carboxylic acids is 4. The summed E-state index contributed by atoms with van der Waals surface area (Å²) in [7, 11) is 0. The Labute approximate surface area is 236 Å². The van der Waals surface area contributed by atoms with Gasteiger partial charge >= 0.3 is 0 Å². The zero-order chi connectivity index (χ0) is 29.1. The summed E-state index contributed by atoms with van der Waals surface area (Å²) in [5.41, 5.74) is 6.01. The maximum atomic E-state index is 13.4. The maximum absolute atomic E-state index is 13.4. The number of rotatable bonds is 12. The fourth-order valence-corrected chi connectivity index (χ4v) is 6.15. The second-order valence-corrected chi connectivity index (χ2v) is 11.4. The third-order valence-corrected chi connectivity index (χ3v) is 7.60. The Kier molecular flexibility index (Phi) is 13.0. The molecule has 4 nitrogen and oxygen atoms in total. The van der Waals surface area contributed by atoms with Crippen molar-refractivity contribution in [2.24, 2.45) is 17.8 Å². The third kappa shape index (κ3) is 9.08. The van der Waals surface area contributed by atoms with E-state index in [0.29, 0.717) is 12.8 Å². The molecule has 4 heteroatoms. The lowest BCUT2D eigenvalue weighted by Crippen LogP contribution is -2.30. The molecular formula is C35H48O4. The van der Waals surface area contributed by atoms with Gasteiger partial charge < -0.3 is 0 Å². The fraction of sp³-hybridized carbons (Fsp3) is 0.543. The highest BCUT2D eigenvalue weighted by Gasteiger charge is 2.34. The largest absolute Gasteiger partial charge is 0.300 e. The zero-order valence-electron chi connectivity index (χ0n) is 25.2. The van der Waals surface area contributed by atoms with Crippen LogP contribution in [-0.4, -0.2) is 23.1 Å². The summed E-state index contributed by atoms with van der Waals surface area (Å²) in [6.45, 7) is 13.5. The van der Waals surface area contributed by atoms with Gasteiger partial charge in [0, 0.05) is 24.3 Å². The van der Waals surface area contributed by atoms with Crippen molar-refractivity contribution in [2.75, 3.05) is 0 Å². The van der Waals surface area contributed by atoms with E-state index in [1.807, 2.05) is 32.0 Å². The van der Waals surface area contributed by atoms with Crippen LogP contribution in [-0.2, 0) is 27.2 Å². The van der Waals surface area contributed by atoms with Crippen LogP contribution in [0.5, 0.6) is 0 Å². The number of benzene rings is 2. The van der Waals surface area contributed by atoms with E-state index in [9.17, 15) is 19.2 Å². The highest BCUT2D eigenvalue weighted by molar-refractivity contribution is 6.02. The summed E-state index contributed by atoms with van der Waals surface area (Å²) in [6, 6.07) is 12.2. The van der Waals surface area contributed by atoms with Gasteiger partial charge in [0.05, 0.1) is 6.42 Å². The summed E-state index contributed by atoms with van der Waals surface area (Å²) in [6.07, 6.45) is 6.39. The van der Waals surface area contributed by atoms with Crippen molar-refractivity contribution in [3.8, 4) is 11.1 Å². The molecule has 0 aliphatic heterocycles. The summed E-state index contributed by atoms with van der Waals surface area (Å²) in [5, 5.41) is 0. The predicted molar refractivity (Wildman–Crippen MR) is 160 cm³/mol. The summed E-state index contributed by atoms with van der Waals surface area (Å²) in [5.74, 6) is 0.483. The number of ketones is 4. The Morgan fingerprint density at radius 3 is 2.23 bits per heavy atom. The first-order valence-corrected chi connectivity index (χ1v) is 14.8. The standard InChI is InChI=1S/C32H40O4.C3H8/c1-6-9-25(27(7-2)30(35)15-22(5)34)17-24-18-29-28(13-12-20(3)32(29)31(36)19-24)26-11-8-10-23(16-26)14-21(4)33;1-3-2/h8,10-13,16,24-25,27H,6-7,9,14-15,17-19H2,1-5H3;3H2,1-2H3. The zero-order valence-corrected chi connectivity index (χ0v) is 25.2. The van der Waals surface area contributed by atoms with E-state index in [-0.39, 0.29) is 47.3 Å². The van der Waals surface area contributed by atoms with Crippen LogP contribution in [0.15, 0.2) is 36.4 Å². The normalized spacial score (nSPS) is 16.0. The van der Waals surface area contributed by atoms with Crippen molar-refractivity contribution >= 4 is 23.1 Å². The molecule has 3 unspecified atom stereocenters. The van der Waals surface area contributed by atoms with Crippen molar-refractivity contribution in [3.05, 3.63) is 58.7 Å². The lowest BCUT2D eigenvalue weighted by Gasteiger charge is -2.32. The van der Waals surface area contributed by atoms with Crippen LogP contribution < -0.4 is 0 Å². The number of hydrogen-bond donors (Lipinski definition) is 0. The lowest BCUT2D eigenvalue weighted by molar-refractivity contribution is -0.130. The van der Waals surface area contributed by atoms with Gasteiger partial charge in [0.25, 0.3) is 0 Å². The molecular weight excluding hydrogens is 484 g/mol. The van der Waals surface area contributed by atoms with Crippen LogP contribution in [0.25, 0.3) is 11.1 Å². The molecule has 0 amide bonds. The minimum atomic E-state index is -0.134. The van der Waals surface area contributed by atoms with E-state index in [2.05, 4.69) is 39.0 Å². The average Bonchev–Trinajstić information content (AvgIpc) is 2.84. The molecule has 39 heavy (non-hydrogen) atoms. The van der Waals surface area contributed by atoms with Crippen molar-refractivity contribution < 1.29 is 19.2 Å². The van der Waals surface area contributed by atoms with Crippen LogP contribution >= 0.6 is 0 Å². The second kappa shape index (κ2) is 15.6. The van der Waals surface area contributed by atoms with Crippen molar-refractivity contribution in [2.45, 2.75) is 106 Å². The average molecular weight is 533 g/mol. The van der Waals surface area contributed by atoms with Crippen LogP contribution in [0, 0.1) is 24.7 Å². The highest BCUT2D eigenvalue weighted by atomic mass is 16.1. The SMILES string of the molecule is CCC.CCCC(CC1CC(=O)c2c(C)ccc(-c3cccc(CC(C)=O)c3)c2C1)C(CC)C(=O)CC(C)=O. The first-order valence-electron chi connectivity index (χ1n) is 14.8. The van der Waals surface area contributed by atoms with Gasteiger partial charge in [-0.3, -0.25) is 19.2 Å². The van der Waals surface area contributed by atoms with Gasteiger partial charge in [-0.05, 0) is 79.7 Å². The van der Waals surface area contributed by atoms with E-state index in [1.165, 1.54) is 13.3 Å². The Morgan fingerprint density at radius 2 is 1.64 bits per heavy atom. The van der Waals surface area contributed by atoms with Crippen molar-refractivity contribution in [1.29, 1.82) is 0 Å². The van der Waals surface area contributed by atoms with Gasteiger partial charge in [-0.25, -0.2) is 0 Å². The molecule has 3 atom stereocenters. The molecule has 0 spiro atoms. The molecule has 212 valence electrons. The summed E-state index contributed by atoms with van der Waals surface area (Å²) >= 11 is 0. The lowest BCUT2D eigenvalue weighted by atomic mass is 9.71. The number of fused-ring (bicyclic) bond motifs is 1. The minimum Gasteiger partial charge on any atom is -0.300 e. The summed E-state index contributed by atoms with van der Waals surface area (Å²) < 4.78 is 0. The van der Waals surface area contributed by atoms with E-state index in [0.717, 1.165) is 65.5 Å². The second-order valence-electron chi connectivity index (χ2n) is 11.4. The number of hydrogen-bond acceptors (Lipinski definition) is 4. The predicted octanol–water partition coefficient (Wildman–Crippen LogP) is 8.34. The van der Waals surface area contributed by atoms with Gasteiger partial charge in [0.1, 0.15) is 17.3 Å². The third-order valence-electron chi connectivity index (χ3n) is 7.60. The number of Topliss-reactive ketones (excluding diaryl/α,β-unsaturated/α-hetero) is 4. The Hall–Kier alpha value is -2.88. The van der Waals surface area contributed by atoms with Gasteiger partial charge in [-0.15, -0.1) is 0 Å². The van der Waals surface area contributed by atoms with E-state index >= 15 is 0 Å². The molecule has 0 saturated carbocycles. The Morgan fingerprint density at radius 1 is 0.949 bits per heavy atom. The first-order chi connectivity index (χ1) is 18.6. The summed E-state index contributed by atoms with van der Waals surface area (Å²) in [4.78, 5) is 49.6. The molecule has 0 saturated heterocycles. The van der Waals surface area contributed by atoms with Crippen molar-refractivity contribution in [1.82, 2.24) is 0 Å². The molecule has 0 N–H and O–H groups in total. The van der Waals surface area contributed by atoms with Gasteiger partial charge in [0.2, 0.25) is 0 Å². The van der Waals surface area contributed by atoms with Gasteiger partial charge in [-0.2, -0.15) is 0 Å². The molecule has 0 aromatic heterocycles. The molecule has 0 radical (unpaired) electrons. The molecule has 1 aliphatic rings. The maximum Gasteiger partial charge on any atom is 0.163 e. The van der Waals surface area contributed by atoms with Crippen LogP contribution in [0.4, 0.5) is 0 Å². The first kappa shape index (κ1) is 32.3. The minimum absolute atomic E-state index is 0.00506. The Balaban J connectivity index is 0.00000170. The number of aryl methyl sites for hydroxylation is 1. The molecule has 0 fully saturated rings. The fourth-order valence-electron chi connectivity index (χ4n) is 6.15. The number of carbonyl (C=O) groups is 4. The van der Waals surface area contributed by atoms with Crippen LogP contribution in [0.1, 0.15) is 114 Å². The van der Waals surface area contributed by atoms with Gasteiger partial charge in [0.15, 0.2) is 5.78 Å². The monoisotopic (exact) mass is 532 g/mol. The molecule has 2 aromatic rings. The van der Waals surface area contributed by atoms with Gasteiger partial charge in [-0.1, -0.05) is 83.4 Å². The molecule has 2 aromatic carbocycles. The van der Waals surface area contributed by atoms with Crippen LogP contribution in [0.2, 0.25) is 0 Å². The van der Waals surface area contributed by atoms with E-state index in [1.54, 1.807) is 6.92 Å². The highest BCUT2D eigenvalue weighted by Crippen LogP contribution is 2.40. The topological polar surface area (TPSA) is 68.3 Å². The molecule has 3 rings (SSSR count). The molecule has 1 aliphatic carbocycles. The smallest absolute Gasteiger partial charge is 0.163 e.